The number of nitrogens with two attached hydrogens (primary N) is 1. The molecule has 14 heavy (non-hydrogen) atoms. The topological polar surface area (TPSA) is 61.8 Å². The van der Waals surface area contributed by atoms with Crippen molar-refractivity contribution in [3.05, 3.63) is 23.8 Å². The van der Waals surface area contributed by atoms with Gasteiger partial charge in [0.15, 0.2) is 0 Å². The van der Waals surface area contributed by atoms with Gasteiger partial charge in [-0.25, -0.2) is 0 Å². The first-order valence-electron chi connectivity index (χ1n) is 4.77. The number of benzene rings is 1. The molecule has 0 spiro atoms. The molecule has 3 heteroatoms. The molecular formula is C11H13N3. The fraction of sp³-hybridized carbons (Fsp3) is 0.364. The molecule has 3 nitrogen and oxygen atoms in total. The maximum absolute atomic E-state index is 8.74. The largest absolute Gasteiger partial charge is 0.397 e. The van der Waals surface area contributed by atoms with Gasteiger partial charge < -0.3 is 11.1 Å². The van der Waals surface area contributed by atoms with Crippen LogP contribution in [-0.4, -0.2) is 6.04 Å². The second-order valence-electron chi connectivity index (χ2n) is 3.88. The third-order valence-corrected chi connectivity index (χ3v) is 2.63. The average molecular weight is 187 g/mol. The van der Waals surface area contributed by atoms with Crippen molar-refractivity contribution in [2.75, 3.05) is 11.1 Å². The normalized spacial score (nSPS) is 24.0. The van der Waals surface area contributed by atoms with Crippen molar-refractivity contribution in [1.29, 1.82) is 5.26 Å². The van der Waals surface area contributed by atoms with Gasteiger partial charge >= 0.3 is 0 Å². The van der Waals surface area contributed by atoms with Gasteiger partial charge in [-0.05, 0) is 30.5 Å². The lowest BCUT2D eigenvalue weighted by molar-refractivity contribution is 0.929. The number of nitrogens with zero attached hydrogens (tertiary/aromatic N) is 1. The summed E-state index contributed by atoms with van der Waals surface area (Å²) in [5, 5.41) is 12.1. The van der Waals surface area contributed by atoms with Gasteiger partial charge in [0.2, 0.25) is 0 Å². The molecule has 2 atom stereocenters. The van der Waals surface area contributed by atoms with Crippen molar-refractivity contribution in [1.82, 2.24) is 0 Å². The van der Waals surface area contributed by atoms with E-state index in [4.69, 9.17) is 11.0 Å². The second kappa shape index (κ2) is 3.22. The fourth-order valence-electron chi connectivity index (χ4n) is 1.47. The van der Waals surface area contributed by atoms with Crippen LogP contribution < -0.4 is 11.1 Å². The van der Waals surface area contributed by atoms with E-state index in [1.807, 2.05) is 0 Å². The zero-order chi connectivity index (χ0) is 10.1. The van der Waals surface area contributed by atoms with E-state index in [2.05, 4.69) is 18.3 Å². The predicted molar refractivity (Wildman–Crippen MR) is 56.8 cm³/mol. The van der Waals surface area contributed by atoms with E-state index < -0.39 is 0 Å². The lowest BCUT2D eigenvalue weighted by Crippen LogP contribution is -2.06. The van der Waals surface area contributed by atoms with Crippen LogP contribution >= 0.6 is 0 Å². The van der Waals surface area contributed by atoms with Gasteiger partial charge in [-0.1, -0.05) is 6.92 Å². The maximum Gasteiger partial charge on any atom is 0.0992 e. The number of anilines is 2. The minimum atomic E-state index is 0.534. The Morgan fingerprint density at radius 1 is 1.57 bits per heavy atom. The van der Waals surface area contributed by atoms with E-state index in [1.165, 1.54) is 6.42 Å². The first kappa shape index (κ1) is 8.89. The maximum atomic E-state index is 8.74. The quantitative estimate of drug-likeness (QED) is 0.696. The fourth-order valence-corrected chi connectivity index (χ4v) is 1.47. The molecule has 1 aromatic carbocycles. The highest BCUT2D eigenvalue weighted by atomic mass is 15.0. The Balaban J connectivity index is 2.19. The number of nitrogen functional groups attached to an aromatic ring is 1. The summed E-state index contributed by atoms with van der Waals surface area (Å²) in [6.45, 7) is 2.20. The van der Waals surface area contributed by atoms with Crippen LogP contribution in [0.4, 0.5) is 11.4 Å². The molecule has 1 aliphatic carbocycles. The van der Waals surface area contributed by atoms with Crippen LogP contribution in [0.1, 0.15) is 18.9 Å². The number of nitriles is 1. The highest BCUT2D eigenvalue weighted by Gasteiger charge is 2.32. The van der Waals surface area contributed by atoms with Gasteiger partial charge in [0.25, 0.3) is 0 Å². The second-order valence-corrected chi connectivity index (χ2v) is 3.88. The monoisotopic (exact) mass is 187 g/mol. The standard InChI is InChI=1S/C11H13N3/c1-7-4-10(7)14-11-5-8(6-12)2-3-9(11)13/h2-3,5,7,10,14H,4,13H2,1H3. The average Bonchev–Trinajstić information content (AvgIpc) is 2.86. The Morgan fingerprint density at radius 3 is 2.86 bits per heavy atom. The summed E-state index contributed by atoms with van der Waals surface area (Å²) in [6, 6.07) is 7.95. The lowest BCUT2D eigenvalue weighted by Gasteiger charge is -2.08. The highest BCUT2D eigenvalue weighted by Crippen LogP contribution is 2.34. The molecule has 0 amide bonds. The van der Waals surface area contributed by atoms with Gasteiger partial charge in [0, 0.05) is 6.04 Å². The smallest absolute Gasteiger partial charge is 0.0992 e. The lowest BCUT2D eigenvalue weighted by atomic mass is 10.2. The summed E-state index contributed by atoms with van der Waals surface area (Å²) >= 11 is 0. The number of hydrogen-bond acceptors (Lipinski definition) is 3. The van der Waals surface area contributed by atoms with Gasteiger partial charge in [-0.2, -0.15) is 5.26 Å². The summed E-state index contributed by atoms with van der Waals surface area (Å²) in [4.78, 5) is 0. The molecule has 0 heterocycles. The van der Waals surface area contributed by atoms with Crippen LogP contribution in [0, 0.1) is 17.2 Å². The Morgan fingerprint density at radius 2 is 2.29 bits per heavy atom. The van der Waals surface area contributed by atoms with E-state index in [9.17, 15) is 0 Å². The zero-order valence-electron chi connectivity index (χ0n) is 8.12. The molecule has 2 unspecified atom stereocenters. The van der Waals surface area contributed by atoms with Gasteiger partial charge in [-0.15, -0.1) is 0 Å². The summed E-state index contributed by atoms with van der Waals surface area (Å²) in [6.07, 6.45) is 1.19. The van der Waals surface area contributed by atoms with E-state index in [0.29, 0.717) is 17.3 Å². The molecule has 1 saturated carbocycles. The van der Waals surface area contributed by atoms with E-state index in [-0.39, 0.29) is 0 Å². The molecule has 1 aromatic rings. The molecule has 0 aromatic heterocycles. The number of nitrogens with one attached hydrogen (secondary N) is 1. The third kappa shape index (κ3) is 1.64. The van der Waals surface area contributed by atoms with Crippen LogP contribution in [0.25, 0.3) is 0 Å². The summed E-state index contributed by atoms with van der Waals surface area (Å²) in [7, 11) is 0. The Hall–Kier alpha value is -1.69. The van der Waals surface area contributed by atoms with Crippen molar-refractivity contribution >= 4 is 11.4 Å². The minimum absolute atomic E-state index is 0.534. The van der Waals surface area contributed by atoms with Gasteiger partial charge in [-0.3, -0.25) is 0 Å². The Kier molecular flexibility index (Phi) is 2.05. The van der Waals surface area contributed by atoms with Gasteiger partial charge in [0.05, 0.1) is 23.0 Å². The predicted octanol–water partition coefficient (Wildman–Crippen LogP) is 1.96. The molecule has 1 fully saturated rings. The minimum Gasteiger partial charge on any atom is -0.397 e. The highest BCUT2D eigenvalue weighted by molar-refractivity contribution is 5.69. The first-order valence-corrected chi connectivity index (χ1v) is 4.77. The molecular weight excluding hydrogens is 174 g/mol. The SMILES string of the molecule is CC1CC1Nc1cc(C#N)ccc1N. The molecule has 2 rings (SSSR count). The number of rotatable bonds is 2. The van der Waals surface area contributed by atoms with E-state index in [1.54, 1.807) is 18.2 Å². The van der Waals surface area contributed by atoms with Crippen LogP contribution in [0.3, 0.4) is 0 Å². The summed E-state index contributed by atoms with van der Waals surface area (Å²) in [5.74, 6) is 0.722. The molecule has 0 aliphatic heterocycles. The molecule has 72 valence electrons. The van der Waals surface area contributed by atoms with E-state index >= 15 is 0 Å². The Labute approximate surface area is 83.5 Å². The van der Waals surface area contributed by atoms with Crippen molar-refractivity contribution in [3.63, 3.8) is 0 Å². The molecule has 0 saturated heterocycles. The number of hydrogen-bond donors (Lipinski definition) is 2. The van der Waals surface area contributed by atoms with Crippen molar-refractivity contribution in [3.8, 4) is 6.07 Å². The first-order chi connectivity index (χ1) is 6.70. The van der Waals surface area contributed by atoms with Crippen LogP contribution in [0.2, 0.25) is 0 Å². The van der Waals surface area contributed by atoms with Crippen molar-refractivity contribution in [2.45, 2.75) is 19.4 Å². The zero-order valence-corrected chi connectivity index (χ0v) is 8.12. The van der Waals surface area contributed by atoms with Crippen LogP contribution in [0.5, 0.6) is 0 Å². The molecule has 0 bridgehead atoms. The van der Waals surface area contributed by atoms with Crippen LogP contribution in [0.15, 0.2) is 18.2 Å². The molecule has 1 aliphatic rings. The molecule has 3 N–H and O–H groups in total. The van der Waals surface area contributed by atoms with E-state index in [0.717, 1.165) is 11.6 Å². The van der Waals surface area contributed by atoms with Crippen LogP contribution in [-0.2, 0) is 0 Å². The third-order valence-electron chi connectivity index (χ3n) is 2.63. The Bertz CT molecular complexity index is 392. The summed E-state index contributed by atoms with van der Waals surface area (Å²) in [5.41, 5.74) is 8.04. The molecule has 0 radical (unpaired) electrons. The summed E-state index contributed by atoms with van der Waals surface area (Å²) < 4.78 is 0. The van der Waals surface area contributed by atoms with Crippen molar-refractivity contribution in [2.24, 2.45) is 5.92 Å². The van der Waals surface area contributed by atoms with Gasteiger partial charge in [0.1, 0.15) is 0 Å². The van der Waals surface area contributed by atoms with Crippen molar-refractivity contribution < 1.29 is 0 Å².